The lowest BCUT2D eigenvalue weighted by molar-refractivity contribution is -0.140. The van der Waals surface area contributed by atoms with Crippen LogP contribution in [0.3, 0.4) is 0 Å². The predicted octanol–water partition coefficient (Wildman–Crippen LogP) is 1.98. The van der Waals surface area contributed by atoms with Gasteiger partial charge in [0.05, 0.1) is 12.8 Å². The van der Waals surface area contributed by atoms with E-state index in [1.165, 1.54) is 30.5 Å². The van der Waals surface area contributed by atoms with Crippen molar-refractivity contribution in [1.82, 2.24) is 4.90 Å². The maximum Gasteiger partial charge on any atom is 0.321 e. The van der Waals surface area contributed by atoms with Gasteiger partial charge in [0.25, 0.3) is 5.91 Å². The first-order valence-electron chi connectivity index (χ1n) is 6.63. The van der Waals surface area contributed by atoms with Gasteiger partial charge in [-0.25, -0.2) is 14.4 Å². The van der Waals surface area contributed by atoms with Crippen molar-refractivity contribution in [3.05, 3.63) is 42.0 Å². The van der Waals surface area contributed by atoms with Gasteiger partial charge in [0.15, 0.2) is 0 Å². The maximum absolute atomic E-state index is 12.8. The molecule has 1 aliphatic rings. The number of aliphatic imine (C=N–C) groups is 2. The topological polar surface area (TPSA) is 63.5 Å². The number of nitrogens with zero attached hydrogens (tertiary/aromatic N) is 3. The van der Waals surface area contributed by atoms with Crippen LogP contribution >= 0.6 is 0 Å². The number of halogens is 1. The lowest BCUT2D eigenvalue weighted by atomic mass is 10.3. The fourth-order valence-corrected chi connectivity index (χ4v) is 1.82. The Morgan fingerprint density at radius 1 is 1.45 bits per heavy atom. The molecule has 0 aliphatic carbocycles. The zero-order valence-electron chi connectivity index (χ0n) is 12.2. The number of allylic oxidation sites excluding steroid dienone is 1. The Balaban J connectivity index is 2.07. The molecule has 1 saturated heterocycles. The van der Waals surface area contributed by atoms with E-state index in [0.29, 0.717) is 24.6 Å². The van der Waals surface area contributed by atoms with Crippen molar-refractivity contribution in [3.8, 4) is 5.75 Å². The van der Waals surface area contributed by atoms with Crippen molar-refractivity contribution in [3.63, 3.8) is 0 Å². The molecule has 1 fully saturated rings. The van der Waals surface area contributed by atoms with Crippen LogP contribution in [0.5, 0.6) is 5.75 Å². The van der Waals surface area contributed by atoms with Crippen LogP contribution in [-0.2, 0) is 9.53 Å². The van der Waals surface area contributed by atoms with Crippen molar-refractivity contribution < 1.29 is 18.7 Å². The number of rotatable bonds is 3. The smallest absolute Gasteiger partial charge is 0.321 e. The molecule has 1 amide bonds. The second-order valence-electron chi connectivity index (χ2n) is 4.49. The summed E-state index contributed by atoms with van der Waals surface area (Å²) < 4.78 is 23.2. The van der Waals surface area contributed by atoms with Gasteiger partial charge < -0.3 is 14.4 Å². The third-order valence-electron chi connectivity index (χ3n) is 2.93. The molecule has 1 aliphatic heterocycles. The highest BCUT2D eigenvalue weighted by atomic mass is 19.1. The van der Waals surface area contributed by atoms with Crippen LogP contribution in [-0.4, -0.2) is 43.3 Å². The van der Waals surface area contributed by atoms with E-state index >= 15 is 0 Å². The Labute approximate surface area is 127 Å². The molecule has 2 rings (SSSR count). The van der Waals surface area contributed by atoms with Crippen molar-refractivity contribution >= 4 is 18.6 Å². The van der Waals surface area contributed by atoms with Gasteiger partial charge in [-0.05, 0) is 37.9 Å². The second kappa shape index (κ2) is 7.46. The molecule has 1 heterocycles. The van der Waals surface area contributed by atoms with Crippen LogP contribution in [0.2, 0.25) is 0 Å². The lowest BCUT2D eigenvalue weighted by Crippen LogP contribution is -2.40. The monoisotopic (exact) mass is 305 g/mol. The van der Waals surface area contributed by atoms with E-state index in [2.05, 4.69) is 16.7 Å². The molecule has 116 valence electrons. The number of amidine groups is 1. The van der Waals surface area contributed by atoms with Crippen molar-refractivity contribution in [2.24, 2.45) is 9.98 Å². The molecule has 0 aromatic heterocycles. The molecule has 0 unspecified atom stereocenters. The number of hydrogen-bond acceptors (Lipinski definition) is 4. The van der Waals surface area contributed by atoms with E-state index in [4.69, 9.17) is 9.47 Å². The average molecular weight is 305 g/mol. The zero-order valence-corrected chi connectivity index (χ0v) is 12.2. The van der Waals surface area contributed by atoms with Crippen molar-refractivity contribution in [2.45, 2.75) is 6.92 Å². The molecule has 0 atom stereocenters. The fraction of sp³-hybridized carbons (Fsp3) is 0.267. The fourth-order valence-electron chi connectivity index (χ4n) is 1.82. The normalized spacial score (nSPS) is 16.6. The van der Waals surface area contributed by atoms with Gasteiger partial charge in [0, 0.05) is 12.2 Å². The summed E-state index contributed by atoms with van der Waals surface area (Å²) in [6, 6.07) is 5.45. The van der Waals surface area contributed by atoms with Crippen molar-refractivity contribution in [1.29, 1.82) is 0 Å². The number of carbonyl (C=O) groups is 1. The minimum absolute atomic E-state index is 0.00617. The Morgan fingerprint density at radius 3 is 2.82 bits per heavy atom. The number of carbonyl (C=O) groups excluding carboxylic acids is 1. The van der Waals surface area contributed by atoms with Crippen LogP contribution in [0, 0.1) is 5.82 Å². The summed E-state index contributed by atoms with van der Waals surface area (Å²) in [5.74, 6) is -0.0946. The first-order valence-corrected chi connectivity index (χ1v) is 6.63. The summed E-state index contributed by atoms with van der Waals surface area (Å²) in [6.45, 7) is 6.15. The molecule has 1 aromatic carbocycles. The molecule has 1 aromatic rings. The van der Waals surface area contributed by atoms with Crippen LogP contribution < -0.4 is 4.74 Å². The Hall–Kier alpha value is -2.54. The third kappa shape index (κ3) is 4.23. The molecular formula is C15H16FN3O3. The van der Waals surface area contributed by atoms with E-state index in [-0.39, 0.29) is 24.4 Å². The molecule has 0 saturated carbocycles. The highest BCUT2D eigenvalue weighted by molar-refractivity contribution is 5.82. The van der Waals surface area contributed by atoms with Crippen LogP contribution in [0.25, 0.3) is 0 Å². The first kappa shape index (κ1) is 15.8. The van der Waals surface area contributed by atoms with Crippen LogP contribution in [0.15, 0.2) is 46.1 Å². The largest absolute Gasteiger partial charge is 0.424 e. The standard InChI is InChI=1S/C15H16FN3O3/c1-11(19-7-8-21-10-14(19)20)9-18-15(17-2)22-13-5-3-12(16)4-6-13/h3-6,9H,2,7-8,10H2,1H3/b11-9+,18-15+. The van der Waals surface area contributed by atoms with E-state index < -0.39 is 0 Å². The minimum Gasteiger partial charge on any atom is -0.424 e. The van der Waals surface area contributed by atoms with Gasteiger partial charge in [0.1, 0.15) is 18.2 Å². The Kier molecular flexibility index (Phi) is 5.37. The van der Waals surface area contributed by atoms with Gasteiger partial charge in [-0.2, -0.15) is 0 Å². The highest BCUT2D eigenvalue weighted by Crippen LogP contribution is 2.13. The first-order chi connectivity index (χ1) is 10.6. The second-order valence-corrected chi connectivity index (χ2v) is 4.49. The van der Waals surface area contributed by atoms with Gasteiger partial charge in [-0.1, -0.05) is 0 Å². The summed E-state index contributed by atoms with van der Waals surface area (Å²) in [6.07, 6.45) is 1.47. The third-order valence-corrected chi connectivity index (χ3v) is 2.93. The number of morpholine rings is 1. The zero-order chi connectivity index (χ0) is 15.9. The molecule has 0 bridgehead atoms. The Bertz CT molecular complexity index is 611. The van der Waals surface area contributed by atoms with Gasteiger partial charge in [-0.3, -0.25) is 4.79 Å². The predicted molar refractivity (Wildman–Crippen MR) is 80.3 cm³/mol. The molecule has 0 radical (unpaired) electrons. The molecule has 7 heteroatoms. The number of ether oxygens (including phenoxy) is 2. The van der Waals surface area contributed by atoms with E-state index in [1.54, 1.807) is 11.8 Å². The van der Waals surface area contributed by atoms with Crippen molar-refractivity contribution in [2.75, 3.05) is 19.8 Å². The quantitative estimate of drug-likeness (QED) is 0.633. The van der Waals surface area contributed by atoms with Gasteiger partial charge in [0.2, 0.25) is 0 Å². The Morgan fingerprint density at radius 2 is 2.18 bits per heavy atom. The molecule has 6 nitrogen and oxygen atoms in total. The van der Waals surface area contributed by atoms with Gasteiger partial charge >= 0.3 is 6.02 Å². The summed E-state index contributed by atoms with van der Waals surface area (Å²) in [5.41, 5.74) is 0.650. The summed E-state index contributed by atoms with van der Waals surface area (Å²) in [5, 5.41) is 0. The number of hydrogen-bond donors (Lipinski definition) is 0. The molecular weight excluding hydrogens is 289 g/mol. The molecule has 0 N–H and O–H groups in total. The average Bonchev–Trinajstić information content (AvgIpc) is 2.53. The van der Waals surface area contributed by atoms with Crippen LogP contribution in [0.1, 0.15) is 6.92 Å². The van der Waals surface area contributed by atoms with Gasteiger partial charge in [-0.15, -0.1) is 0 Å². The van der Waals surface area contributed by atoms with E-state index in [1.807, 2.05) is 0 Å². The summed E-state index contributed by atoms with van der Waals surface area (Å²) in [7, 11) is 0. The minimum atomic E-state index is -0.362. The van der Waals surface area contributed by atoms with E-state index in [9.17, 15) is 9.18 Å². The molecule has 22 heavy (non-hydrogen) atoms. The van der Waals surface area contributed by atoms with E-state index in [0.717, 1.165) is 0 Å². The summed E-state index contributed by atoms with van der Waals surface area (Å²) in [4.78, 5) is 21.0. The summed E-state index contributed by atoms with van der Waals surface area (Å²) >= 11 is 0. The maximum atomic E-state index is 12.8. The lowest BCUT2D eigenvalue weighted by Gasteiger charge is -2.26. The van der Waals surface area contributed by atoms with Crippen LogP contribution in [0.4, 0.5) is 4.39 Å². The number of amides is 1. The molecule has 0 spiro atoms. The SMILES string of the molecule is C=N/C(=N\C=C(/C)N1CCOCC1=O)Oc1ccc(F)cc1. The number of benzene rings is 1. The highest BCUT2D eigenvalue weighted by Gasteiger charge is 2.19.